The Labute approximate surface area is 170 Å². The van der Waals surface area contributed by atoms with E-state index in [4.69, 9.17) is 12.2 Å². The third-order valence-corrected chi connectivity index (χ3v) is 7.52. The van der Waals surface area contributed by atoms with Crippen LogP contribution in [0.15, 0.2) is 35.4 Å². The van der Waals surface area contributed by atoms with Crippen molar-refractivity contribution in [3.63, 3.8) is 0 Å². The zero-order chi connectivity index (χ0) is 19.8. The van der Waals surface area contributed by atoms with Gasteiger partial charge >= 0.3 is 0 Å². The van der Waals surface area contributed by atoms with Gasteiger partial charge in [-0.3, -0.25) is 19.9 Å². The molecule has 0 unspecified atom stereocenters. The normalized spacial score (nSPS) is 27.0. The summed E-state index contributed by atoms with van der Waals surface area (Å²) in [5, 5.41) is 4.29. The van der Waals surface area contributed by atoms with Crippen molar-refractivity contribution in [2.45, 2.75) is 40.5 Å². The van der Waals surface area contributed by atoms with Crippen LogP contribution in [0.2, 0.25) is 0 Å². The highest BCUT2D eigenvalue weighted by molar-refractivity contribution is 8.22. The molecule has 1 saturated carbocycles. The predicted octanol–water partition coefficient (Wildman–Crippen LogP) is 3.79. The second kappa shape index (κ2) is 7.36. The van der Waals surface area contributed by atoms with Crippen molar-refractivity contribution in [2.75, 3.05) is 5.88 Å². The summed E-state index contributed by atoms with van der Waals surface area (Å²) in [6.07, 6.45) is 1.54. The molecular formula is C20H25N3O2S2. The van der Waals surface area contributed by atoms with Gasteiger partial charge in [-0.05, 0) is 30.7 Å². The van der Waals surface area contributed by atoms with Crippen LogP contribution in [0.25, 0.3) is 0 Å². The number of thiocarbonyl (C=S) groups is 1. The van der Waals surface area contributed by atoms with E-state index >= 15 is 0 Å². The zero-order valence-electron chi connectivity index (χ0n) is 16.1. The Bertz CT molecular complexity index is 807. The van der Waals surface area contributed by atoms with Gasteiger partial charge in [-0.2, -0.15) is 5.10 Å². The maximum atomic E-state index is 13.0. The number of rotatable bonds is 4. The number of likely N-dealkylation sites (tertiary alicyclic amines) is 1. The number of thioether (sulfide) groups is 1. The summed E-state index contributed by atoms with van der Waals surface area (Å²) in [6, 6.07) is 9.79. The number of carbonyl (C=O) groups excluding carboxylic acids is 2. The third-order valence-electron chi connectivity index (χ3n) is 6.34. The number of hydrogen-bond acceptors (Lipinski definition) is 5. The number of fused-ring (bicyclic) bond motifs is 2. The molecule has 0 radical (unpaired) electrons. The number of nitrogens with one attached hydrogen (secondary N) is 1. The molecule has 2 atom stereocenters. The Morgan fingerprint density at radius 3 is 2.63 bits per heavy atom. The molecule has 2 amide bonds. The van der Waals surface area contributed by atoms with Crippen molar-refractivity contribution >= 4 is 45.8 Å². The minimum absolute atomic E-state index is 0.0701. The standard InChI is InChI=1S/C20H25N3O2S2/c1-13(14-8-6-5-7-9-14)21-22-18(26)27-12-23-16(24)15-10-11-20(4,17(23)25)19(15,2)3/h5-9,15H,10-12H2,1-4H3,(H,22,26)/t15-,20+/m1/s1. The molecule has 1 aromatic carbocycles. The lowest BCUT2D eigenvalue weighted by Crippen LogP contribution is -2.58. The number of hydrogen-bond donors (Lipinski definition) is 1. The third kappa shape index (κ3) is 3.43. The SMILES string of the molecule is CC(=NNC(=S)SCN1C(=O)[C@H]2CC[C@@](C)(C1=O)C2(C)C)c1ccccc1. The minimum Gasteiger partial charge on any atom is -0.274 e. The van der Waals surface area contributed by atoms with Crippen LogP contribution in [-0.2, 0) is 9.59 Å². The molecule has 0 spiro atoms. The summed E-state index contributed by atoms with van der Waals surface area (Å²) in [5.41, 5.74) is 3.89. The van der Waals surface area contributed by atoms with Crippen LogP contribution in [0.3, 0.4) is 0 Å². The van der Waals surface area contributed by atoms with E-state index in [1.54, 1.807) is 0 Å². The Morgan fingerprint density at radius 1 is 1.30 bits per heavy atom. The van der Waals surface area contributed by atoms with E-state index in [0.717, 1.165) is 24.1 Å². The maximum absolute atomic E-state index is 13.0. The topological polar surface area (TPSA) is 61.8 Å². The first-order valence-corrected chi connectivity index (χ1v) is 10.5. The molecular weight excluding hydrogens is 378 g/mol. The largest absolute Gasteiger partial charge is 0.274 e. The van der Waals surface area contributed by atoms with Crippen LogP contribution < -0.4 is 5.43 Å². The van der Waals surface area contributed by atoms with Crippen molar-refractivity contribution in [3.05, 3.63) is 35.9 Å². The molecule has 144 valence electrons. The van der Waals surface area contributed by atoms with Gasteiger partial charge < -0.3 is 0 Å². The highest BCUT2D eigenvalue weighted by atomic mass is 32.2. The van der Waals surface area contributed by atoms with Gasteiger partial charge in [-0.15, -0.1) is 0 Å². The summed E-state index contributed by atoms with van der Waals surface area (Å²) in [6.45, 7) is 7.97. The first-order valence-electron chi connectivity index (χ1n) is 9.07. The summed E-state index contributed by atoms with van der Waals surface area (Å²) in [7, 11) is 0. The smallest absolute Gasteiger partial charge is 0.236 e. The molecule has 2 bridgehead atoms. The molecule has 1 aliphatic carbocycles. The first-order chi connectivity index (χ1) is 12.7. The van der Waals surface area contributed by atoms with Gasteiger partial charge in [0.15, 0.2) is 4.32 Å². The molecule has 1 heterocycles. The van der Waals surface area contributed by atoms with E-state index in [1.807, 2.05) is 58.0 Å². The lowest BCUT2D eigenvalue weighted by Gasteiger charge is -2.47. The van der Waals surface area contributed by atoms with Crippen LogP contribution in [-0.4, -0.2) is 32.6 Å². The predicted molar refractivity (Wildman–Crippen MR) is 113 cm³/mol. The molecule has 1 saturated heterocycles. The minimum atomic E-state index is -0.483. The summed E-state index contributed by atoms with van der Waals surface area (Å²) in [5.74, 6) is -0.0172. The van der Waals surface area contributed by atoms with Crippen LogP contribution in [0, 0.1) is 16.7 Å². The second-order valence-corrected chi connectivity index (χ2v) is 9.57. The number of nitrogens with zero attached hydrogens (tertiary/aromatic N) is 2. The summed E-state index contributed by atoms with van der Waals surface area (Å²) >= 11 is 6.57. The second-order valence-electron chi connectivity index (χ2n) is 7.95. The number of amides is 2. The summed E-state index contributed by atoms with van der Waals surface area (Å²) in [4.78, 5) is 27.2. The highest BCUT2D eigenvalue weighted by Crippen LogP contribution is 2.60. The number of imide groups is 1. The fourth-order valence-corrected chi connectivity index (χ4v) is 4.86. The first kappa shape index (κ1) is 20.0. The Kier molecular flexibility index (Phi) is 5.45. The molecule has 3 rings (SSSR count). The number of piperidine rings is 1. The van der Waals surface area contributed by atoms with E-state index in [9.17, 15) is 9.59 Å². The van der Waals surface area contributed by atoms with Gasteiger partial charge in [-0.25, -0.2) is 0 Å². The average molecular weight is 404 g/mol. The van der Waals surface area contributed by atoms with Gasteiger partial charge in [0.05, 0.1) is 17.0 Å². The molecule has 1 aliphatic heterocycles. The molecule has 27 heavy (non-hydrogen) atoms. The van der Waals surface area contributed by atoms with Gasteiger partial charge in [0.25, 0.3) is 0 Å². The van der Waals surface area contributed by atoms with Gasteiger partial charge in [0, 0.05) is 5.92 Å². The lowest BCUT2D eigenvalue weighted by atomic mass is 9.62. The van der Waals surface area contributed by atoms with Gasteiger partial charge in [-0.1, -0.05) is 75.1 Å². The molecule has 2 fully saturated rings. The van der Waals surface area contributed by atoms with Crippen molar-refractivity contribution in [3.8, 4) is 0 Å². The Balaban J connectivity index is 1.61. The molecule has 7 heteroatoms. The molecule has 1 N–H and O–H groups in total. The lowest BCUT2D eigenvalue weighted by molar-refractivity contribution is -0.166. The maximum Gasteiger partial charge on any atom is 0.236 e. The number of hydrazone groups is 1. The number of benzene rings is 1. The van der Waals surface area contributed by atoms with E-state index in [-0.39, 0.29) is 29.0 Å². The quantitative estimate of drug-likeness (QED) is 0.359. The van der Waals surface area contributed by atoms with E-state index in [1.165, 1.54) is 16.7 Å². The molecule has 5 nitrogen and oxygen atoms in total. The van der Waals surface area contributed by atoms with Crippen molar-refractivity contribution in [2.24, 2.45) is 21.8 Å². The van der Waals surface area contributed by atoms with E-state index < -0.39 is 5.41 Å². The van der Waals surface area contributed by atoms with Gasteiger partial charge in [0.1, 0.15) is 0 Å². The van der Waals surface area contributed by atoms with E-state index in [0.29, 0.717) is 4.32 Å². The number of carbonyl (C=O) groups is 2. The van der Waals surface area contributed by atoms with E-state index in [2.05, 4.69) is 10.5 Å². The van der Waals surface area contributed by atoms with Gasteiger partial charge in [0.2, 0.25) is 11.8 Å². The fourth-order valence-electron chi connectivity index (χ4n) is 4.05. The average Bonchev–Trinajstić information content (AvgIpc) is 2.84. The zero-order valence-corrected chi connectivity index (χ0v) is 17.7. The molecule has 1 aromatic rings. The Morgan fingerprint density at radius 2 is 1.96 bits per heavy atom. The molecule has 0 aromatic heterocycles. The van der Waals surface area contributed by atoms with Crippen LogP contribution in [0.5, 0.6) is 0 Å². The van der Waals surface area contributed by atoms with Crippen molar-refractivity contribution in [1.29, 1.82) is 0 Å². The van der Waals surface area contributed by atoms with Crippen LogP contribution in [0.4, 0.5) is 0 Å². The van der Waals surface area contributed by atoms with Crippen LogP contribution in [0.1, 0.15) is 46.1 Å². The highest BCUT2D eigenvalue weighted by Gasteiger charge is 2.64. The monoisotopic (exact) mass is 403 g/mol. The summed E-state index contributed by atoms with van der Waals surface area (Å²) < 4.78 is 0.438. The van der Waals surface area contributed by atoms with Crippen molar-refractivity contribution < 1.29 is 9.59 Å². The molecule has 2 aliphatic rings. The van der Waals surface area contributed by atoms with Crippen molar-refractivity contribution in [1.82, 2.24) is 10.3 Å². The van der Waals surface area contributed by atoms with Crippen LogP contribution >= 0.6 is 24.0 Å². The Hall–Kier alpha value is -1.73. The fraction of sp³-hybridized carbons (Fsp3) is 0.500.